The zero-order chi connectivity index (χ0) is 8.27. The van der Waals surface area contributed by atoms with Gasteiger partial charge in [0.1, 0.15) is 5.15 Å². The standard InChI is InChI=1S/C7H6ClN2O/c1-9-7(11)5-2-3-10-6(8)4-5/h2-4H,1H2,(H,9,11). The summed E-state index contributed by atoms with van der Waals surface area (Å²) in [6, 6.07) is 3.04. The summed E-state index contributed by atoms with van der Waals surface area (Å²) in [5.41, 5.74) is 0.458. The number of amides is 1. The molecule has 1 heterocycles. The number of rotatable bonds is 1. The first-order chi connectivity index (χ1) is 5.24. The van der Waals surface area contributed by atoms with Crippen LogP contribution in [0.2, 0.25) is 5.15 Å². The molecule has 1 N–H and O–H groups in total. The van der Waals surface area contributed by atoms with Crippen LogP contribution in [0.1, 0.15) is 10.4 Å². The molecule has 0 aromatic carbocycles. The number of pyridine rings is 1. The maximum absolute atomic E-state index is 10.9. The van der Waals surface area contributed by atoms with E-state index in [0.717, 1.165) is 0 Å². The van der Waals surface area contributed by atoms with Gasteiger partial charge >= 0.3 is 0 Å². The topological polar surface area (TPSA) is 42.0 Å². The van der Waals surface area contributed by atoms with Crippen molar-refractivity contribution in [2.75, 3.05) is 0 Å². The Balaban J connectivity index is 2.96. The molecular weight excluding hydrogens is 164 g/mol. The Morgan fingerprint density at radius 2 is 2.45 bits per heavy atom. The van der Waals surface area contributed by atoms with Gasteiger partial charge in [-0.3, -0.25) is 4.79 Å². The smallest absolute Gasteiger partial charge is 0.251 e. The molecular formula is C7H6ClN2O. The van der Waals surface area contributed by atoms with E-state index in [1.54, 1.807) is 6.07 Å². The summed E-state index contributed by atoms with van der Waals surface area (Å²) >= 11 is 5.53. The van der Waals surface area contributed by atoms with E-state index in [1.807, 2.05) is 0 Å². The highest BCUT2D eigenvalue weighted by Gasteiger charge is 2.01. The molecule has 11 heavy (non-hydrogen) atoms. The minimum absolute atomic E-state index is 0.269. The quantitative estimate of drug-likeness (QED) is 0.643. The second-order valence-electron chi connectivity index (χ2n) is 1.87. The Kier molecular flexibility index (Phi) is 2.44. The van der Waals surface area contributed by atoms with E-state index in [2.05, 4.69) is 17.3 Å². The molecule has 1 aromatic rings. The van der Waals surface area contributed by atoms with E-state index in [9.17, 15) is 4.79 Å². The van der Waals surface area contributed by atoms with Gasteiger partial charge in [0, 0.05) is 18.8 Å². The molecule has 0 saturated heterocycles. The molecule has 4 heteroatoms. The van der Waals surface area contributed by atoms with Gasteiger partial charge in [0.2, 0.25) is 0 Å². The van der Waals surface area contributed by atoms with Crippen molar-refractivity contribution in [1.29, 1.82) is 0 Å². The molecule has 0 fully saturated rings. The molecule has 0 atom stereocenters. The lowest BCUT2D eigenvalue weighted by atomic mass is 10.2. The zero-order valence-electron chi connectivity index (χ0n) is 5.67. The fraction of sp³-hybridized carbons (Fsp3) is 0. The van der Waals surface area contributed by atoms with E-state index in [0.29, 0.717) is 10.7 Å². The minimum Gasteiger partial charge on any atom is -0.350 e. The Morgan fingerprint density at radius 1 is 1.73 bits per heavy atom. The van der Waals surface area contributed by atoms with Crippen molar-refractivity contribution >= 4 is 17.5 Å². The zero-order valence-corrected chi connectivity index (χ0v) is 6.43. The van der Waals surface area contributed by atoms with Crippen LogP contribution in [0.25, 0.3) is 0 Å². The van der Waals surface area contributed by atoms with Gasteiger partial charge in [0.25, 0.3) is 5.91 Å². The van der Waals surface area contributed by atoms with Crippen LogP contribution >= 0.6 is 11.6 Å². The van der Waals surface area contributed by atoms with Crippen LogP contribution in [-0.2, 0) is 0 Å². The predicted molar refractivity (Wildman–Crippen MR) is 42.1 cm³/mol. The number of nitrogens with one attached hydrogen (secondary N) is 1. The number of hydrogen-bond donors (Lipinski definition) is 1. The Bertz CT molecular complexity index is 275. The third-order valence-electron chi connectivity index (χ3n) is 1.15. The molecule has 0 saturated carbocycles. The average Bonchev–Trinajstić information content (AvgIpc) is 2.03. The Labute approximate surface area is 69.4 Å². The maximum atomic E-state index is 10.9. The number of hydrogen-bond acceptors (Lipinski definition) is 2. The van der Waals surface area contributed by atoms with Crippen LogP contribution < -0.4 is 5.32 Å². The summed E-state index contributed by atoms with van der Waals surface area (Å²) in [7, 11) is 3.23. The van der Waals surface area contributed by atoms with Crippen LogP contribution in [-0.4, -0.2) is 10.9 Å². The highest BCUT2D eigenvalue weighted by atomic mass is 35.5. The van der Waals surface area contributed by atoms with Crippen molar-refractivity contribution < 1.29 is 4.79 Å². The Hall–Kier alpha value is -1.09. The summed E-state index contributed by atoms with van der Waals surface area (Å²) in [6.07, 6.45) is 1.47. The van der Waals surface area contributed by atoms with Crippen molar-refractivity contribution in [3.05, 3.63) is 36.1 Å². The summed E-state index contributed by atoms with van der Waals surface area (Å²) in [6.45, 7) is 0. The lowest BCUT2D eigenvalue weighted by Crippen LogP contribution is -2.15. The van der Waals surface area contributed by atoms with Crippen LogP contribution in [0, 0.1) is 7.05 Å². The molecule has 0 aliphatic heterocycles. The lowest BCUT2D eigenvalue weighted by molar-refractivity contribution is 0.0969. The molecule has 0 spiro atoms. The highest BCUT2D eigenvalue weighted by Crippen LogP contribution is 2.06. The van der Waals surface area contributed by atoms with Crippen molar-refractivity contribution in [3.63, 3.8) is 0 Å². The number of carbonyl (C=O) groups is 1. The van der Waals surface area contributed by atoms with Gasteiger partial charge in [-0.05, 0) is 12.1 Å². The number of nitrogens with zero attached hydrogens (tertiary/aromatic N) is 1. The summed E-state index contributed by atoms with van der Waals surface area (Å²) < 4.78 is 0. The van der Waals surface area contributed by atoms with Gasteiger partial charge in [-0.1, -0.05) is 11.6 Å². The number of carbonyl (C=O) groups excluding carboxylic acids is 1. The lowest BCUT2D eigenvalue weighted by Gasteiger charge is -1.97. The van der Waals surface area contributed by atoms with Crippen LogP contribution in [0.4, 0.5) is 0 Å². The van der Waals surface area contributed by atoms with Crippen molar-refractivity contribution in [1.82, 2.24) is 10.3 Å². The third-order valence-corrected chi connectivity index (χ3v) is 1.36. The fourth-order valence-electron chi connectivity index (χ4n) is 0.646. The van der Waals surface area contributed by atoms with Crippen molar-refractivity contribution in [2.45, 2.75) is 0 Å². The monoisotopic (exact) mass is 169 g/mol. The molecule has 3 nitrogen and oxygen atoms in total. The molecule has 1 aromatic heterocycles. The van der Waals surface area contributed by atoms with Gasteiger partial charge in [0.15, 0.2) is 0 Å². The van der Waals surface area contributed by atoms with Crippen molar-refractivity contribution in [2.24, 2.45) is 0 Å². The molecule has 0 aliphatic rings. The SMILES string of the molecule is [CH2]NC(=O)c1ccnc(Cl)c1. The van der Waals surface area contributed by atoms with Crippen LogP contribution in [0.3, 0.4) is 0 Å². The summed E-state index contributed by atoms with van der Waals surface area (Å²) in [5, 5.41) is 2.53. The highest BCUT2D eigenvalue weighted by molar-refractivity contribution is 6.29. The molecule has 57 valence electrons. The van der Waals surface area contributed by atoms with E-state index < -0.39 is 0 Å². The van der Waals surface area contributed by atoms with Gasteiger partial charge in [0.05, 0.1) is 0 Å². The first-order valence-electron chi connectivity index (χ1n) is 2.93. The van der Waals surface area contributed by atoms with Gasteiger partial charge in [-0.2, -0.15) is 0 Å². The average molecular weight is 170 g/mol. The first-order valence-corrected chi connectivity index (χ1v) is 3.31. The van der Waals surface area contributed by atoms with Gasteiger partial charge in [-0.25, -0.2) is 4.98 Å². The molecule has 1 rings (SSSR count). The van der Waals surface area contributed by atoms with Crippen LogP contribution in [0.5, 0.6) is 0 Å². The second-order valence-corrected chi connectivity index (χ2v) is 2.26. The predicted octanol–water partition coefficient (Wildman–Crippen LogP) is 1.26. The van der Waals surface area contributed by atoms with E-state index in [1.165, 1.54) is 12.3 Å². The summed E-state index contributed by atoms with van der Waals surface area (Å²) in [5.74, 6) is -0.269. The van der Waals surface area contributed by atoms with Gasteiger partial charge in [-0.15, -0.1) is 0 Å². The molecule has 0 unspecified atom stereocenters. The Morgan fingerprint density at radius 3 is 3.00 bits per heavy atom. The molecule has 1 radical (unpaired) electrons. The van der Waals surface area contributed by atoms with E-state index >= 15 is 0 Å². The second kappa shape index (κ2) is 3.34. The fourth-order valence-corrected chi connectivity index (χ4v) is 0.820. The first kappa shape index (κ1) is 8.01. The van der Waals surface area contributed by atoms with Crippen LogP contribution in [0.15, 0.2) is 18.3 Å². The van der Waals surface area contributed by atoms with Crippen molar-refractivity contribution in [3.8, 4) is 0 Å². The van der Waals surface area contributed by atoms with E-state index in [4.69, 9.17) is 11.6 Å². The third kappa shape index (κ3) is 1.91. The normalized spacial score (nSPS) is 9.27. The van der Waals surface area contributed by atoms with E-state index in [-0.39, 0.29) is 5.91 Å². The molecule has 1 amide bonds. The number of halogens is 1. The van der Waals surface area contributed by atoms with Gasteiger partial charge < -0.3 is 5.32 Å². The molecule has 0 bridgehead atoms. The molecule has 0 aliphatic carbocycles. The maximum Gasteiger partial charge on any atom is 0.251 e. The largest absolute Gasteiger partial charge is 0.350 e. The number of aromatic nitrogens is 1. The minimum atomic E-state index is -0.269. The summed E-state index contributed by atoms with van der Waals surface area (Å²) in [4.78, 5) is 14.6.